The van der Waals surface area contributed by atoms with Crippen LogP contribution in [0.15, 0.2) is 35.4 Å². The molecule has 2 heterocycles. The highest BCUT2D eigenvalue weighted by Gasteiger charge is 2.22. The number of piperazine rings is 1. The summed E-state index contributed by atoms with van der Waals surface area (Å²) in [6.45, 7) is 5.26. The average Bonchev–Trinajstić information content (AvgIpc) is 2.77. The molecular weight excluding hydrogens is 380 g/mol. The summed E-state index contributed by atoms with van der Waals surface area (Å²) >= 11 is 1.41. The molecule has 1 aromatic carbocycles. The number of fused-ring (bicyclic) bond motifs is 1. The number of carbonyl (C=O) groups excluding carboxylic acids is 1. The van der Waals surface area contributed by atoms with Crippen LogP contribution in [0, 0.1) is 18.3 Å². The Morgan fingerprint density at radius 1 is 1.17 bits per heavy atom. The Kier molecular flexibility index (Phi) is 6.05. The first-order valence-corrected chi connectivity index (χ1v) is 11.3. The summed E-state index contributed by atoms with van der Waals surface area (Å²) < 4.78 is 0. The van der Waals surface area contributed by atoms with Crippen LogP contribution >= 0.6 is 11.8 Å². The molecule has 0 atom stereocenters. The number of thioether (sulfide) groups is 1. The lowest BCUT2D eigenvalue weighted by molar-refractivity contribution is -0.128. The number of aryl methyl sites for hydroxylation is 3. The van der Waals surface area contributed by atoms with Crippen molar-refractivity contribution in [3.63, 3.8) is 0 Å². The first-order chi connectivity index (χ1) is 14.1. The first kappa shape index (κ1) is 19.8. The van der Waals surface area contributed by atoms with Gasteiger partial charge in [0.15, 0.2) is 0 Å². The van der Waals surface area contributed by atoms with E-state index in [0.29, 0.717) is 16.3 Å². The lowest BCUT2D eigenvalue weighted by Gasteiger charge is -2.36. The van der Waals surface area contributed by atoms with Crippen LogP contribution in [0.5, 0.6) is 0 Å². The number of hydrogen-bond acceptors (Lipinski definition) is 5. The van der Waals surface area contributed by atoms with Crippen molar-refractivity contribution in [2.75, 3.05) is 36.8 Å². The van der Waals surface area contributed by atoms with Crippen LogP contribution < -0.4 is 4.90 Å². The van der Waals surface area contributed by atoms with E-state index in [1.165, 1.54) is 35.0 Å². The number of hydrogen-bond donors (Lipinski definition) is 0. The number of pyridine rings is 1. The molecule has 2 aromatic rings. The highest BCUT2D eigenvalue weighted by Crippen LogP contribution is 2.27. The highest BCUT2D eigenvalue weighted by molar-refractivity contribution is 8.00. The van der Waals surface area contributed by atoms with Gasteiger partial charge in [0.25, 0.3) is 0 Å². The van der Waals surface area contributed by atoms with E-state index < -0.39 is 0 Å². The molecular formula is C23H26N4OS. The normalized spacial score (nSPS) is 16.3. The molecule has 1 aromatic heterocycles. The summed E-state index contributed by atoms with van der Waals surface area (Å²) in [5, 5.41) is 10.2. The molecule has 5 nitrogen and oxygen atoms in total. The zero-order chi connectivity index (χ0) is 20.2. The molecule has 150 valence electrons. The van der Waals surface area contributed by atoms with Crippen molar-refractivity contribution in [2.45, 2.75) is 37.6 Å². The third-order valence-electron chi connectivity index (χ3n) is 5.72. The van der Waals surface area contributed by atoms with Crippen LogP contribution in [0.3, 0.4) is 0 Å². The molecule has 0 radical (unpaired) electrons. The Bertz CT molecular complexity index is 944. The van der Waals surface area contributed by atoms with Crippen molar-refractivity contribution in [1.82, 2.24) is 9.88 Å². The first-order valence-electron chi connectivity index (χ1n) is 10.3. The SMILES string of the molecule is Cc1cccc(N2CCN(C(=O)CSc3nc4c(cc3C#N)CCCC4)CC2)c1. The van der Waals surface area contributed by atoms with Gasteiger partial charge in [0.05, 0.1) is 11.3 Å². The zero-order valence-electron chi connectivity index (χ0n) is 16.9. The number of amides is 1. The minimum atomic E-state index is 0.127. The highest BCUT2D eigenvalue weighted by atomic mass is 32.2. The van der Waals surface area contributed by atoms with Gasteiger partial charge in [-0.15, -0.1) is 0 Å². The minimum Gasteiger partial charge on any atom is -0.368 e. The van der Waals surface area contributed by atoms with Gasteiger partial charge in [0.1, 0.15) is 11.1 Å². The Morgan fingerprint density at radius 3 is 2.72 bits per heavy atom. The number of rotatable bonds is 4. The Morgan fingerprint density at radius 2 is 1.97 bits per heavy atom. The van der Waals surface area contributed by atoms with E-state index in [-0.39, 0.29) is 5.91 Å². The fourth-order valence-corrected chi connectivity index (χ4v) is 4.94. The van der Waals surface area contributed by atoms with E-state index in [9.17, 15) is 10.1 Å². The zero-order valence-corrected chi connectivity index (χ0v) is 17.7. The van der Waals surface area contributed by atoms with Crippen molar-refractivity contribution in [3.8, 4) is 6.07 Å². The quantitative estimate of drug-likeness (QED) is 0.727. The van der Waals surface area contributed by atoms with E-state index in [4.69, 9.17) is 4.98 Å². The number of anilines is 1. The average molecular weight is 407 g/mol. The summed E-state index contributed by atoms with van der Waals surface area (Å²) in [5.74, 6) is 0.465. The monoisotopic (exact) mass is 406 g/mol. The van der Waals surface area contributed by atoms with E-state index in [2.05, 4.69) is 42.2 Å². The second-order valence-corrected chi connectivity index (χ2v) is 8.73. The summed E-state index contributed by atoms with van der Waals surface area (Å²) in [6.07, 6.45) is 4.30. The van der Waals surface area contributed by atoms with Gasteiger partial charge >= 0.3 is 0 Å². The van der Waals surface area contributed by atoms with Crippen molar-refractivity contribution in [2.24, 2.45) is 0 Å². The lowest BCUT2D eigenvalue weighted by Crippen LogP contribution is -2.49. The third kappa shape index (κ3) is 4.56. The fraction of sp³-hybridized carbons (Fsp3) is 0.435. The predicted molar refractivity (Wildman–Crippen MR) is 116 cm³/mol. The topological polar surface area (TPSA) is 60.2 Å². The molecule has 2 aliphatic rings. The van der Waals surface area contributed by atoms with Crippen LogP contribution in [0.2, 0.25) is 0 Å². The van der Waals surface area contributed by atoms with Crippen molar-refractivity contribution < 1.29 is 4.79 Å². The predicted octanol–water partition coefficient (Wildman–Crippen LogP) is 3.58. The molecule has 0 unspecified atom stereocenters. The molecule has 1 aliphatic heterocycles. The Balaban J connectivity index is 1.34. The molecule has 0 spiro atoms. The molecule has 1 amide bonds. The molecule has 1 fully saturated rings. The van der Waals surface area contributed by atoms with Gasteiger partial charge in [-0.25, -0.2) is 4.98 Å². The second kappa shape index (κ2) is 8.87. The van der Waals surface area contributed by atoms with Crippen molar-refractivity contribution in [3.05, 3.63) is 52.7 Å². The van der Waals surface area contributed by atoms with E-state index in [1.54, 1.807) is 0 Å². The van der Waals surface area contributed by atoms with E-state index in [0.717, 1.165) is 51.1 Å². The van der Waals surface area contributed by atoms with E-state index in [1.807, 2.05) is 11.0 Å². The van der Waals surface area contributed by atoms with Crippen LogP contribution in [-0.4, -0.2) is 47.7 Å². The maximum absolute atomic E-state index is 12.7. The third-order valence-corrected chi connectivity index (χ3v) is 6.69. The van der Waals surface area contributed by atoms with Gasteiger partial charge < -0.3 is 9.80 Å². The number of aromatic nitrogens is 1. The number of carbonyl (C=O) groups is 1. The van der Waals surface area contributed by atoms with Gasteiger partial charge in [0, 0.05) is 37.6 Å². The Hall–Kier alpha value is -2.52. The van der Waals surface area contributed by atoms with Gasteiger partial charge in [0.2, 0.25) is 5.91 Å². The lowest BCUT2D eigenvalue weighted by atomic mass is 9.95. The Labute approximate surface area is 176 Å². The molecule has 1 aliphatic carbocycles. The number of nitriles is 1. The molecule has 29 heavy (non-hydrogen) atoms. The largest absolute Gasteiger partial charge is 0.368 e. The summed E-state index contributed by atoms with van der Waals surface area (Å²) in [5.41, 5.74) is 5.40. The summed E-state index contributed by atoms with van der Waals surface area (Å²) in [4.78, 5) is 21.7. The van der Waals surface area contributed by atoms with E-state index >= 15 is 0 Å². The standard InChI is InChI=1S/C23H26N4OS/c1-17-5-4-7-20(13-17)26-9-11-27(12-10-26)22(28)16-29-23-19(15-24)14-18-6-2-3-8-21(18)25-23/h4-5,7,13-14H,2-3,6,8-12,16H2,1H3. The van der Waals surface area contributed by atoms with Gasteiger partial charge in [-0.2, -0.15) is 5.26 Å². The summed E-state index contributed by atoms with van der Waals surface area (Å²) in [7, 11) is 0. The molecule has 6 heteroatoms. The van der Waals surface area contributed by atoms with Crippen molar-refractivity contribution in [1.29, 1.82) is 5.26 Å². The van der Waals surface area contributed by atoms with Gasteiger partial charge in [-0.05, 0) is 61.9 Å². The smallest absolute Gasteiger partial charge is 0.233 e. The van der Waals surface area contributed by atoms with Gasteiger partial charge in [-0.3, -0.25) is 4.79 Å². The molecule has 0 N–H and O–H groups in total. The maximum Gasteiger partial charge on any atom is 0.233 e. The maximum atomic E-state index is 12.7. The van der Waals surface area contributed by atoms with Crippen LogP contribution in [0.25, 0.3) is 0 Å². The minimum absolute atomic E-state index is 0.127. The molecule has 4 rings (SSSR count). The van der Waals surface area contributed by atoms with Crippen LogP contribution in [0.1, 0.15) is 35.2 Å². The fourth-order valence-electron chi connectivity index (χ4n) is 4.06. The number of benzene rings is 1. The van der Waals surface area contributed by atoms with Crippen LogP contribution in [-0.2, 0) is 17.6 Å². The van der Waals surface area contributed by atoms with Crippen LogP contribution in [0.4, 0.5) is 5.69 Å². The molecule has 1 saturated heterocycles. The second-order valence-electron chi connectivity index (χ2n) is 7.76. The van der Waals surface area contributed by atoms with Gasteiger partial charge in [-0.1, -0.05) is 23.9 Å². The number of nitrogens with zero attached hydrogens (tertiary/aromatic N) is 4. The molecule has 0 bridgehead atoms. The summed E-state index contributed by atoms with van der Waals surface area (Å²) in [6, 6.07) is 12.7. The molecule has 0 saturated carbocycles. The van der Waals surface area contributed by atoms with Crippen molar-refractivity contribution >= 4 is 23.4 Å².